The van der Waals surface area contributed by atoms with E-state index >= 15 is 0 Å². The summed E-state index contributed by atoms with van der Waals surface area (Å²) in [5.74, 6) is -1.67. The zero-order valence-corrected chi connectivity index (χ0v) is 16.5. The summed E-state index contributed by atoms with van der Waals surface area (Å²) in [6, 6.07) is 3.13. The Kier molecular flexibility index (Phi) is 5.79. The second kappa shape index (κ2) is 7.89. The average molecular weight is 411 g/mol. The van der Waals surface area contributed by atoms with Gasteiger partial charge >= 0.3 is 5.97 Å². The topological polar surface area (TPSA) is 77.9 Å². The third kappa shape index (κ3) is 3.84. The van der Waals surface area contributed by atoms with Gasteiger partial charge in [0.1, 0.15) is 10.4 Å². The van der Waals surface area contributed by atoms with Crippen molar-refractivity contribution in [1.82, 2.24) is 9.80 Å². The van der Waals surface area contributed by atoms with E-state index in [0.29, 0.717) is 35.2 Å². The van der Waals surface area contributed by atoms with Gasteiger partial charge in [0.2, 0.25) is 5.91 Å². The molecule has 2 saturated heterocycles. The second-order valence-corrected chi connectivity index (χ2v) is 8.84. The number of amides is 2. The molecule has 9 heteroatoms. The van der Waals surface area contributed by atoms with Crippen molar-refractivity contribution in [2.45, 2.75) is 25.8 Å². The molecule has 2 amide bonds. The molecule has 2 aliphatic rings. The summed E-state index contributed by atoms with van der Waals surface area (Å²) in [6.45, 7) is 2.45. The Morgan fingerprint density at radius 1 is 1.38 bits per heavy atom. The van der Waals surface area contributed by atoms with Crippen LogP contribution in [0.3, 0.4) is 0 Å². The molecule has 1 aromatic rings. The first-order valence-electron chi connectivity index (χ1n) is 8.20. The van der Waals surface area contributed by atoms with E-state index in [0.717, 1.165) is 4.88 Å². The smallest absolute Gasteiger partial charge is 0.306 e. The minimum absolute atomic E-state index is 0.192. The Labute approximate surface area is 164 Å². The van der Waals surface area contributed by atoms with Crippen molar-refractivity contribution in [1.29, 1.82) is 0 Å². The van der Waals surface area contributed by atoms with Crippen LogP contribution in [0.25, 0.3) is 6.08 Å². The normalized spacial score (nSPS) is 21.5. The predicted octanol–water partition coefficient (Wildman–Crippen LogP) is 2.66. The highest BCUT2D eigenvalue weighted by Gasteiger charge is 2.40. The molecule has 26 heavy (non-hydrogen) atoms. The van der Waals surface area contributed by atoms with Crippen LogP contribution in [0.4, 0.5) is 0 Å². The highest BCUT2D eigenvalue weighted by atomic mass is 32.2. The maximum Gasteiger partial charge on any atom is 0.306 e. The van der Waals surface area contributed by atoms with Crippen molar-refractivity contribution in [3.05, 3.63) is 27.3 Å². The summed E-state index contributed by atoms with van der Waals surface area (Å²) in [6.07, 6.45) is 2.66. The van der Waals surface area contributed by atoms with E-state index in [4.69, 9.17) is 17.3 Å². The van der Waals surface area contributed by atoms with Crippen LogP contribution in [0.15, 0.2) is 22.4 Å². The molecule has 0 aliphatic carbocycles. The lowest BCUT2D eigenvalue weighted by Gasteiger charge is -2.34. The average Bonchev–Trinajstić information content (AvgIpc) is 3.22. The van der Waals surface area contributed by atoms with Gasteiger partial charge < -0.3 is 10.0 Å². The Morgan fingerprint density at radius 2 is 2.08 bits per heavy atom. The van der Waals surface area contributed by atoms with E-state index in [2.05, 4.69) is 0 Å². The van der Waals surface area contributed by atoms with E-state index in [1.54, 1.807) is 17.9 Å². The first-order valence-corrected chi connectivity index (χ1v) is 10.3. The van der Waals surface area contributed by atoms with Crippen molar-refractivity contribution >= 4 is 63.5 Å². The van der Waals surface area contributed by atoms with Crippen LogP contribution in [0.2, 0.25) is 0 Å². The van der Waals surface area contributed by atoms with Crippen LogP contribution in [-0.2, 0) is 14.4 Å². The summed E-state index contributed by atoms with van der Waals surface area (Å²) in [7, 11) is 0. The first kappa shape index (κ1) is 19.1. The molecule has 3 rings (SSSR count). The fraction of sp³-hybridized carbons (Fsp3) is 0.412. The van der Waals surface area contributed by atoms with Crippen LogP contribution in [-0.4, -0.2) is 56.1 Å². The fourth-order valence-electron chi connectivity index (χ4n) is 3.04. The summed E-state index contributed by atoms with van der Waals surface area (Å²) in [5, 5.41) is 11.0. The van der Waals surface area contributed by atoms with Crippen molar-refractivity contribution in [3.63, 3.8) is 0 Å². The maximum absolute atomic E-state index is 12.8. The highest BCUT2D eigenvalue weighted by molar-refractivity contribution is 8.26. The number of thiocarbonyl (C=S) groups is 1. The third-order valence-corrected chi connectivity index (χ3v) is 6.69. The number of piperidine rings is 1. The zero-order chi connectivity index (χ0) is 18.8. The lowest BCUT2D eigenvalue weighted by molar-refractivity contribution is -0.147. The number of carboxylic acid groups (broad SMARTS) is 1. The number of rotatable bonds is 4. The Morgan fingerprint density at radius 3 is 2.65 bits per heavy atom. The molecule has 0 radical (unpaired) electrons. The zero-order valence-electron chi connectivity index (χ0n) is 14.1. The lowest BCUT2D eigenvalue weighted by Crippen LogP contribution is -2.51. The van der Waals surface area contributed by atoms with Gasteiger partial charge in [-0.25, -0.2) is 0 Å². The lowest BCUT2D eigenvalue weighted by atomic mass is 9.96. The maximum atomic E-state index is 12.8. The molecule has 1 unspecified atom stereocenters. The van der Waals surface area contributed by atoms with E-state index in [1.165, 1.54) is 28.0 Å². The first-order chi connectivity index (χ1) is 12.4. The summed E-state index contributed by atoms with van der Waals surface area (Å²) in [5.41, 5.74) is 0. The molecule has 3 heterocycles. The van der Waals surface area contributed by atoms with Gasteiger partial charge in [0.05, 0.1) is 10.8 Å². The Bertz CT molecular complexity index is 767. The summed E-state index contributed by atoms with van der Waals surface area (Å²) >= 11 is 8.05. The van der Waals surface area contributed by atoms with Crippen LogP contribution in [0, 0.1) is 5.92 Å². The largest absolute Gasteiger partial charge is 0.481 e. The van der Waals surface area contributed by atoms with Crippen LogP contribution >= 0.6 is 35.3 Å². The van der Waals surface area contributed by atoms with Crippen LogP contribution in [0.1, 0.15) is 24.6 Å². The molecule has 1 N–H and O–H groups in total. The molecule has 2 aliphatic heterocycles. The highest BCUT2D eigenvalue weighted by Crippen LogP contribution is 2.35. The molecule has 6 nitrogen and oxygen atoms in total. The number of nitrogens with zero attached hydrogens (tertiary/aromatic N) is 2. The number of thiophene rings is 1. The van der Waals surface area contributed by atoms with Crippen LogP contribution < -0.4 is 0 Å². The summed E-state index contributed by atoms with van der Waals surface area (Å²) < 4.78 is 0.374. The van der Waals surface area contributed by atoms with Gasteiger partial charge in [-0.1, -0.05) is 30.0 Å². The molecular formula is C17H18N2O4S3. The number of carboxylic acids is 1. The SMILES string of the molecule is CC(C(=O)N1CCC(C(=O)O)CC1)N1C(=O)C(=Cc2cccs2)SC1=S. The number of hydrogen-bond acceptors (Lipinski definition) is 6. The van der Waals surface area contributed by atoms with Gasteiger partial charge in [-0.05, 0) is 37.3 Å². The fourth-order valence-corrected chi connectivity index (χ4v) is 5.18. The number of thioether (sulfide) groups is 1. The van der Waals surface area contributed by atoms with Gasteiger partial charge in [0.15, 0.2) is 0 Å². The van der Waals surface area contributed by atoms with Gasteiger partial charge in [0.25, 0.3) is 5.91 Å². The summed E-state index contributed by atoms with van der Waals surface area (Å²) in [4.78, 5) is 41.0. The number of hydrogen-bond donors (Lipinski definition) is 1. The standard InChI is InChI=1S/C17H18N2O4S3/c1-10(14(20)18-6-4-11(5-7-18)16(22)23)19-15(21)13(26-17(19)24)9-12-3-2-8-25-12/h2-3,8-11H,4-7H2,1H3,(H,22,23). The number of carbonyl (C=O) groups excluding carboxylic acids is 2. The molecule has 138 valence electrons. The molecule has 0 saturated carbocycles. The van der Waals surface area contributed by atoms with E-state index in [1.807, 2.05) is 17.5 Å². The van der Waals surface area contributed by atoms with Crippen molar-refractivity contribution in [2.75, 3.05) is 13.1 Å². The van der Waals surface area contributed by atoms with Gasteiger partial charge in [0, 0.05) is 18.0 Å². The predicted molar refractivity (Wildman–Crippen MR) is 106 cm³/mol. The quantitative estimate of drug-likeness (QED) is 0.607. The van der Waals surface area contributed by atoms with E-state index in [9.17, 15) is 14.4 Å². The van der Waals surface area contributed by atoms with E-state index in [-0.39, 0.29) is 11.8 Å². The van der Waals surface area contributed by atoms with Gasteiger partial charge in [-0.15, -0.1) is 11.3 Å². The van der Waals surface area contributed by atoms with Crippen molar-refractivity contribution in [3.8, 4) is 0 Å². The number of carbonyl (C=O) groups is 3. The molecule has 2 fully saturated rings. The van der Waals surface area contributed by atoms with Gasteiger partial charge in [-0.2, -0.15) is 0 Å². The van der Waals surface area contributed by atoms with Crippen molar-refractivity contribution in [2.24, 2.45) is 5.92 Å². The molecule has 1 aromatic heterocycles. The number of likely N-dealkylation sites (tertiary alicyclic amines) is 1. The third-order valence-electron chi connectivity index (χ3n) is 4.54. The Hall–Kier alpha value is -1.71. The van der Waals surface area contributed by atoms with Crippen LogP contribution in [0.5, 0.6) is 0 Å². The molecule has 0 aromatic carbocycles. The molecule has 0 spiro atoms. The molecule has 0 bridgehead atoms. The Balaban J connectivity index is 1.68. The number of aliphatic carboxylic acids is 1. The molecular weight excluding hydrogens is 392 g/mol. The van der Waals surface area contributed by atoms with E-state index < -0.39 is 17.9 Å². The minimum Gasteiger partial charge on any atom is -0.481 e. The van der Waals surface area contributed by atoms with Crippen molar-refractivity contribution < 1.29 is 19.5 Å². The molecule has 1 atom stereocenters. The van der Waals surface area contributed by atoms with Gasteiger partial charge in [-0.3, -0.25) is 19.3 Å². The monoisotopic (exact) mass is 410 g/mol. The minimum atomic E-state index is -0.819. The second-order valence-electron chi connectivity index (χ2n) is 6.18.